The second-order valence-corrected chi connectivity index (χ2v) is 32.4. The summed E-state index contributed by atoms with van der Waals surface area (Å²) in [4.78, 5) is 65.6. The molecule has 0 saturated carbocycles. The van der Waals surface area contributed by atoms with Gasteiger partial charge >= 0.3 is 5.97 Å². The Bertz CT molecular complexity index is 3530. The molecule has 0 spiro atoms. The van der Waals surface area contributed by atoms with Crippen LogP contribution in [0.5, 0.6) is 0 Å². The molecule has 57 nitrogen and oxygen atoms in total. The van der Waals surface area contributed by atoms with E-state index in [0.29, 0.717) is 0 Å². The lowest BCUT2D eigenvalue weighted by molar-refractivity contribution is -0.400. The molecule has 10 aliphatic rings. The minimum atomic E-state index is -3.41. The van der Waals surface area contributed by atoms with Gasteiger partial charge in [-0.15, -0.1) is 0 Å². The summed E-state index contributed by atoms with van der Waals surface area (Å²) in [6.45, 7) is -5.80. The number of aliphatic hydroxyl groups is 28. The van der Waals surface area contributed by atoms with Crippen molar-refractivity contribution in [1.29, 1.82) is 0 Å². The van der Waals surface area contributed by atoms with Crippen molar-refractivity contribution in [3.8, 4) is 0 Å². The normalized spacial score (nSPS) is 48.4. The van der Waals surface area contributed by atoms with Crippen LogP contribution in [0.1, 0.15) is 41.0 Å². The van der Waals surface area contributed by atoms with Crippen LogP contribution in [0.25, 0.3) is 0 Å². The molecule has 0 aromatic carbocycles. The van der Waals surface area contributed by atoms with Crippen molar-refractivity contribution < 1.29 is 262 Å². The molecule has 10 saturated heterocycles. The van der Waals surface area contributed by atoms with Gasteiger partial charge in [0, 0.05) is 34.1 Å². The number of nitrogens with one attached hydrogen (secondary N) is 4. The Labute approximate surface area is 723 Å². The van der Waals surface area contributed by atoms with Gasteiger partial charge < -0.3 is 259 Å². The Morgan fingerprint density at radius 2 is 0.680 bits per heavy atom. The molecule has 2 unspecified atom stereocenters. The first-order valence-electron chi connectivity index (χ1n) is 40.6. The molecule has 4 amide bonds. The average molecular weight is 1880 g/mol. The quantitative estimate of drug-likeness (QED) is 0.0284. The smallest absolute Gasteiger partial charge is 0.364 e. The standard InChI is InChI=1S/C71H118N4O53/c1-16-35(90)43(98)47(102)65(111-16)123-55-29(14-83)118-64(34(75-20(5)87)57(55)124-69-51(106)60(39(94)25(10-79)115-69)128-71(70(108)109)6-21(88)31(72-17(2)84)56(127-71)36(91)22(89)7-76)126-59-40(95)30(119-68(50(59)105)122-54-26(11-80)112-61(107)46(101)45(54)100)15-110-62-32(73-18(3)85)41(96)52(27(12-81)116-62)121-67-49(104)58(38(93)24(9-78)114-67)125-63-33(74-19(4)86)42(97)53(28(13-82)117-63)120-66-48(103)44(99)37(92)23(8-77)113-66/h16,21-69,76-83,88-107H,6-15H2,1-5H3,(H,72,84)(H,73,85)(H,74,86)(H,75,87)(H,108,109)/t16-,21-,22+,23+,24+,25+,26+,27+,28+,29+,30+,31+,32+,33+,34+,35+,36+,37-,38-,39-,40-,41+,42+,43+,44-,45+,46+,47-,48+,49+,50+,51+,52+,53+,54+,55+,56+,57+,58-,59-,60-,61?,62+,63-,64-,65-,66-,67?,68-,69-,71-/m0/s1. The van der Waals surface area contributed by atoms with Crippen molar-refractivity contribution in [3.05, 3.63) is 0 Å². The maximum absolute atomic E-state index is 13.8. The number of carbonyl (C=O) groups excluding carboxylic acids is 4. The minimum Gasteiger partial charge on any atom is -0.477 e. The first-order valence-corrected chi connectivity index (χ1v) is 40.6. The molecule has 10 heterocycles. The van der Waals surface area contributed by atoms with Crippen molar-refractivity contribution in [2.75, 3.05) is 59.5 Å². The third kappa shape index (κ3) is 22.9. The number of carboxylic acids is 1. The van der Waals surface area contributed by atoms with Crippen LogP contribution in [0, 0.1) is 0 Å². The minimum absolute atomic E-state index is 0.839. The van der Waals surface area contributed by atoms with Crippen LogP contribution in [0.15, 0.2) is 0 Å². The maximum Gasteiger partial charge on any atom is 0.364 e. The summed E-state index contributed by atoms with van der Waals surface area (Å²) < 4.78 is 113. The summed E-state index contributed by atoms with van der Waals surface area (Å²) in [5, 5.41) is 333. The summed E-state index contributed by atoms with van der Waals surface area (Å²) >= 11 is 0. The van der Waals surface area contributed by atoms with E-state index in [1.165, 1.54) is 6.92 Å². The lowest BCUT2D eigenvalue weighted by Gasteiger charge is -2.52. The van der Waals surface area contributed by atoms with Gasteiger partial charge in [-0.1, -0.05) is 0 Å². The van der Waals surface area contributed by atoms with E-state index in [2.05, 4.69) is 21.3 Å². The average Bonchev–Trinajstić information content (AvgIpc) is 0.753. The van der Waals surface area contributed by atoms with Crippen LogP contribution in [0.2, 0.25) is 0 Å². The predicted octanol–water partition coefficient (Wildman–Crippen LogP) is -22.0. The highest BCUT2D eigenvalue weighted by atomic mass is 16.8. The van der Waals surface area contributed by atoms with Crippen molar-refractivity contribution in [3.63, 3.8) is 0 Å². The SMILES string of the molecule is CC(=O)N[C@H]1[C@H](OC[C@H]2O[C@@H](O[C@H]3[C@H](O)[C@@H](O)C(O)O[C@@H]3CO)[C@H](O)[C@@H](O[C@@H]3O[C@H](CO)[C@@H](O[C@@H]4O[C@@H](C)[C@@H](O)[C@@H](O)[C@@H]4O)[C@H](O[C@@H]4O[C@H](CO)[C@H](O)[C@H](O[C@]5(C(=O)O)C[C@H](O)[C@@H](NC(C)=O)[C@H]([C@H](O)[C@H](O)CO)O5)[C@H]4O)[C@H]3NC(C)=O)[C@H]2O)O[C@H](CO)[C@@H](OC2O[C@H](CO)[C@H](O)[C@H](O[C@@H]3O[C@H](CO)[C@@H](O[C@@H]4O[C@H](CO)[C@H](O)[C@H](O)[C@H]4O)[C@H](O)[C@H]3NC(C)=O)[C@H]2O)[C@@H]1O. The monoisotopic (exact) mass is 1870 g/mol. The first kappa shape index (κ1) is 106. The third-order valence-electron chi connectivity index (χ3n) is 23.4. The van der Waals surface area contributed by atoms with Crippen molar-refractivity contribution in [1.82, 2.24) is 21.3 Å². The number of ether oxygens (including phenoxy) is 19. The molecule has 0 aliphatic carbocycles. The molecule has 0 radical (unpaired) electrons. The lowest BCUT2D eigenvalue weighted by atomic mass is 9.88. The van der Waals surface area contributed by atoms with Gasteiger partial charge in [0.2, 0.25) is 23.6 Å². The van der Waals surface area contributed by atoms with Gasteiger partial charge in [-0.3, -0.25) is 19.2 Å². The lowest BCUT2D eigenvalue weighted by Crippen LogP contribution is -2.72. The number of hydrogen-bond acceptors (Lipinski definition) is 52. The van der Waals surface area contributed by atoms with E-state index in [4.69, 9.17) is 90.0 Å². The number of carboxylic acid groups (broad SMARTS) is 1. The van der Waals surface area contributed by atoms with Crippen LogP contribution < -0.4 is 21.3 Å². The second kappa shape index (κ2) is 45.4. The third-order valence-corrected chi connectivity index (χ3v) is 23.4. The second-order valence-electron chi connectivity index (χ2n) is 32.4. The van der Waals surface area contributed by atoms with Crippen molar-refractivity contribution in [2.24, 2.45) is 0 Å². The molecule has 10 fully saturated rings. The zero-order valence-electron chi connectivity index (χ0n) is 68.7. The van der Waals surface area contributed by atoms with Crippen LogP contribution >= 0.6 is 0 Å². The van der Waals surface area contributed by atoms with Gasteiger partial charge in [0.25, 0.3) is 5.79 Å². The van der Waals surface area contributed by atoms with E-state index >= 15 is 0 Å². The number of aliphatic hydroxyl groups excluding tert-OH is 28. The highest BCUT2D eigenvalue weighted by Crippen LogP contribution is 2.43. The first-order chi connectivity index (χ1) is 60.4. The topological polar surface area (TPSA) is 896 Å². The highest BCUT2D eigenvalue weighted by Gasteiger charge is 2.64. The molecular weight excluding hydrogens is 1760 g/mol. The van der Waals surface area contributed by atoms with Crippen LogP contribution in [-0.2, 0) is 114 Å². The van der Waals surface area contributed by atoms with E-state index in [0.717, 1.165) is 27.7 Å². The van der Waals surface area contributed by atoms with E-state index in [9.17, 15) is 172 Å². The van der Waals surface area contributed by atoms with Crippen LogP contribution in [0.3, 0.4) is 0 Å². The van der Waals surface area contributed by atoms with E-state index < -0.39 is 408 Å². The molecule has 128 heavy (non-hydrogen) atoms. The van der Waals surface area contributed by atoms with Gasteiger partial charge in [-0.25, -0.2) is 4.79 Å². The van der Waals surface area contributed by atoms with E-state index in [1.807, 2.05) is 0 Å². The van der Waals surface area contributed by atoms with Crippen molar-refractivity contribution >= 4 is 29.6 Å². The summed E-state index contributed by atoms with van der Waals surface area (Å²) in [6.07, 6.45) is -101. The van der Waals surface area contributed by atoms with Crippen LogP contribution in [-0.4, -0.2) is 550 Å². The number of aliphatic carboxylic acids is 1. The Balaban J connectivity index is 0.954. The molecule has 740 valence electrons. The fourth-order valence-electron chi connectivity index (χ4n) is 16.6. The molecule has 10 rings (SSSR count). The Morgan fingerprint density at radius 1 is 0.336 bits per heavy atom. The fourth-order valence-corrected chi connectivity index (χ4v) is 16.6. The van der Waals surface area contributed by atoms with Crippen LogP contribution in [0.4, 0.5) is 0 Å². The zero-order valence-corrected chi connectivity index (χ0v) is 68.7. The summed E-state index contributed by atoms with van der Waals surface area (Å²) in [5.74, 6) is -9.56. The number of carbonyl (C=O) groups is 5. The largest absolute Gasteiger partial charge is 0.477 e. The molecule has 0 aromatic rings. The Morgan fingerprint density at radius 3 is 1.15 bits per heavy atom. The van der Waals surface area contributed by atoms with Gasteiger partial charge in [0.1, 0.15) is 232 Å². The molecule has 51 atom stereocenters. The van der Waals surface area contributed by atoms with Gasteiger partial charge in [-0.2, -0.15) is 0 Å². The highest BCUT2D eigenvalue weighted by molar-refractivity contribution is 5.77. The Kier molecular flexibility index (Phi) is 37.4. The fraction of sp³-hybridized carbons (Fsp3) is 0.930. The molecular formula is C71H118N4O53. The van der Waals surface area contributed by atoms with Gasteiger partial charge in [-0.05, 0) is 6.92 Å². The number of amides is 4. The molecule has 0 aromatic heterocycles. The zero-order chi connectivity index (χ0) is 94.6. The van der Waals surface area contributed by atoms with E-state index in [1.54, 1.807) is 0 Å². The summed E-state index contributed by atoms with van der Waals surface area (Å²) in [6, 6.07) is -7.89. The Hall–Kier alpha value is -4.53. The van der Waals surface area contributed by atoms with E-state index in [-0.39, 0.29) is 0 Å². The molecule has 57 heteroatoms. The summed E-state index contributed by atoms with van der Waals surface area (Å²) in [7, 11) is 0. The van der Waals surface area contributed by atoms with Gasteiger partial charge in [0.15, 0.2) is 56.6 Å². The maximum atomic E-state index is 13.8. The number of hydrogen-bond donors (Lipinski definition) is 33. The predicted molar refractivity (Wildman–Crippen MR) is 392 cm³/mol. The molecule has 33 N–H and O–H groups in total. The van der Waals surface area contributed by atoms with Crippen molar-refractivity contribution in [2.45, 2.75) is 353 Å². The molecule has 0 bridgehead atoms. The number of rotatable bonds is 34. The van der Waals surface area contributed by atoms with Gasteiger partial charge in [0.05, 0.1) is 77.7 Å². The molecule has 10 aliphatic heterocycles. The summed E-state index contributed by atoms with van der Waals surface area (Å²) in [5.41, 5.74) is 0.